The number of fused-ring (bicyclic) bond motifs is 1. The fourth-order valence-electron chi connectivity index (χ4n) is 3.32. The molecule has 0 radical (unpaired) electrons. The van der Waals surface area contributed by atoms with Crippen LogP contribution in [0.1, 0.15) is 18.9 Å². The summed E-state index contributed by atoms with van der Waals surface area (Å²) in [6, 6.07) is 7.77. The number of hydrogen-bond acceptors (Lipinski definition) is 5. The predicted octanol–water partition coefficient (Wildman–Crippen LogP) is 2.29. The van der Waals surface area contributed by atoms with E-state index >= 15 is 0 Å². The largest absolute Gasteiger partial charge is 0.486 e. The molecule has 0 bridgehead atoms. The van der Waals surface area contributed by atoms with Gasteiger partial charge in [0.1, 0.15) is 17.9 Å². The van der Waals surface area contributed by atoms with Crippen LogP contribution in [0.15, 0.2) is 43.0 Å². The molecule has 130 valence electrons. The molecule has 7 heteroatoms. The lowest BCUT2D eigenvalue weighted by atomic mass is 10.1. The maximum atomic E-state index is 11.5. The Kier molecular flexibility index (Phi) is 4.01. The standard InChI is InChI=1S/C19H17N5O2/c1-13(25)23-8-5-15(11-23)26-17-12-24(18-10-21-6-7-22-18)19-14(9-20)3-2-4-16(17)19/h2-4,6-7,10,12,15H,5,8,11H2,1H3. The number of rotatable bonds is 3. The molecule has 7 nitrogen and oxygen atoms in total. The normalized spacial score (nSPS) is 16.6. The third-order valence-corrected chi connectivity index (χ3v) is 4.59. The van der Waals surface area contributed by atoms with Gasteiger partial charge in [-0.2, -0.15) is 5.26 Å². The third-order valence-electron chi connectivity index (χ3n) is 4.59. The van der Waals surface area contributed by atoms with E-state index in [1.165, 1.54) is 0 Å². The Labute approximate surface area is 150 Å². The van der Waals surface area contributed by atoms with Crippen molar-refractivity contribution in [2.75, 3.05) is 13.1 Å². The van der Waals surface area contributed by atoms with Crippen LogP contribution in [0.25, 0.3) is 16.7 Å². The second kappa shape index (κ2) is 6.48. The van der Waals surface area contributed by atoms with Crippen molar-refractivity contribution in [1.29, 1.82) is 5.26 Å². The van der Waals surface area contributed by atoms with Crippen LogP contribution in [-0.4, -0.2) is 44.5 Å². The van der Waals surface area contributed by atoms with Gasteiger partial charge in [-0.05, 0) is 12.1 Å². The first-order chi connectivity index (χ1) is 12.7. The van der Waals surface area contributed by atoms with Gasteiger partial charge in [-0.1, -0.05) is 6.07 Å². The number of carbonyl (C=O) groups excluding carboxylic acids is 1. The third kappa shape index (κ3) is 2.75. The Morgan fingerprint density at radius 3 is 2.96 bits per heavy atom. The highest BCUT2D eigenvalue weighted by Crippen LogP contribution is 2.33. The van der Waals surface area contributed by atoms with E-state index in [4.69, 9.17) is 4.74 Å². The monoisotopic (exact) mass is 347 g/mol. The van der Waals surface area contributed by atoms with E-state index in [2.05, 4.69) is 16.0 Å². The summed E-state index contributed by atoms with van der Waals surface area (Å²) >= 11 is 0. The smallest absolute Gasteiger partial charge is 0.219 e. The lowest BCUT2D eigenvalue weighted by molar-refractivity contribution is -0.128. The van der Waals surface area contributed by atoms with E-state index in [0.29, 0.717) is 30.2 Å². The first kappa shape index (κ1) is 16.1. The van der Waals surface area contributed by atoms with Crippen LogP contribution in [0.5, 0.6) is 5.75 Å². The second-order valence-corrected chi connectivity index (χ2v) is 6.23. The van der Waals surface area contributed by atoms with Crippen molar-refractivity contribution < 1.29 is 9.53 Å². The molecule has 0 saturated carbocycles. The number of hydrogen-bond donors (Lipinski definition) is 0. The molecule has 1 saturated heterocycles. The van der Waals surface area contributed by atoms with E-state index in [0.717, 1.165) is 17.3 Å². The second-order valence-electron chi connectivity index (χ2n) is 6.23. The Morgan fingerprint density at radius 1 is 1.38 bits per heavy atom. The van der Waals surface area contributed by atoms with Crippen LogP contribution in [0.2, 0.25) is 0 Å². The summed E-state index contributed by atoms with van der Waals surface area (Å²) < 4.78 is 8.03. The topological polar surface area (TPSA) is 84.0 Å². The maximum absolute atomic E-state index is 11.5. The van der Waals surface area contributed by atoms with E-state index < -0.39 is 0 Å². The molecule has 1 aliphatic heterocycles. The molecule has 1 unspecified atom stereocenters. The number of nitriles is 1. The lowest BCUT2D eigenvalue weighted by Gasteiger charge is -2.15. The summed E-state index contributed by atoms with van der Waals surface area (Å²) in [6.07, 6.45) is 7.42. The minimum absolute atomic E-state index is 0.0601. The van der Waals surface area contributed by atoms with Crippen molar-refractivity contribution in [3.63, 3.8) is 0 Å². The molecule has 2 aromatic heterocycles. The van der Waals surface area contributed by atoms with Crippen LogP contribution in [0.4, 0.5) is 0 Å². The van der Waals surface area contributed by atoms with Crippen molar-refractivity contribution in [2.45, 2.75) is 19.4 Å². The average Bonchev–Trinajstić information content (AvgIpc) is 3.28. The molecule has 0 aliphatic carbocycles. The summed E-state index contributed by atoms with van der Waals surface area (Å²) in [6.45, 7) is 2.85. The fourth-order valence-corrected chi connectivity index (χ4v) is 3.32. The minimum atomic E-state index is -0.0643. The highest BCUT2D eigenvalue weighted by atomic mass is 16.5. The van der Waals surface area contributed by atoms with Crippen molar-refractivity contribution in [3.8, 4) is 17.6 Å². The van der Waals surface area contributed by atoms with Gasteiger partial charge in [0.05, 0.1) is 30.0 Å². The molecule has 1 amide bonds. The van der Waals surface area contributed by atoms with Crippen molar-refractivity contribution in [2.24, 2.45) is 0 Å². The predicted molar refractivity (Wildman–Crippen MR) is 94.9 cm³/mol. The molecule has 1 aliphatic rings. The lowest BCUT2D eigenvalue weighted by Crippen LogP contribution is -2.28. The summed E-state index contributed by atoms with van der Waals surface area (Å²) in [5, 5.41) is 10.4. The molecular formula is C19H17N5O2. The van der Waals surface area contributed by atoms with Crippen LogP contribution in [0, 0.1) is 11.3 Å². The Balaban J connectivity index is 1.77. The molecule has 3 heterocycles. The number of aromatic nitrogens is 3. The van der Waals surface area contributed by atoms with Crippen molar-refractivity contribution >= 4 is 16.8 Å². The molecule has 0 spiro atoms. The Morgan fingerprint density at radius 2 is 2.27 bits per heavy atom. The molecular weight excluding hydrogens is 330 g/mol. The number of nitrogens with zero attached hydrogens (tertiary/aromatic N) is 5. The minimum Gasteiger partial charge on any atom is -0.486 e. The fraction of sp³-hybridized carbons (Fsp3) is 0.263. The van der Waals surface area contributed by atoms with Gasteiger partial charge < -0.3 is 9.64 Å². The molecule has 3 aromatic rings. The number of carbonyl (C=O) groups is 1. The molecule has 1 fully saturated rings. The van der Waals surface area contributed by atoms with Gasteiger partial charge in [0.2, 0.25) is 5.91 Å². The molecule has 26 heavy (non-hydrogen) atoms. The number of ether oxygens (including phenoxy) is 1. The van der Waals surface area contributed by atoms with Gasteiger partial charge >= 0.3 is 0 Å². The zero-order valence-electron chi connectivity index (χ0n) is 14.3. The average molecular weight is 347 g/mol. The Hall–Kier alpha value is -3.40. The first-order valence-corrected chi connectivity index (χ1v) is 8.40. The quantitative estimate of drug-likeness (QED) is 0.726. The summed E-state index contributed by atoms with van der Waals surface area (Å²) in [4.78, 5) is 21.8. The number of likely N-dealkylation sites (tertiary alicyclic amines) is 1. The molecule has 4 rings (SSSR count). The van der Waals surface area contributed by atoms with Crippen molar-refractivity contribution in [1.82, 2.24) is 19.4 Å². The van der Waals surface area contributed by atoms with Crippen molar-refractivity contribution in [3.05, 3.63) is 48.5 Å². The van der Waals surface area contributed by atoms with E-state index in [1.54, 1.807) is 36.5 Å². The maximum Gasteiger partial charge on any atom is 0.219 e. The number of amides is 1. The molecule has 0 N–H and O–H groups in total. The summed E-state index contributed by atoms with van der Waals surface area (Å²) in [7, 11) is 0. The highest BCUT2D eigenvalue weighted by molar-refractivity contribution is 5.92. The number of benzene rings is 1. The van der Waals surface area contributed by atoms with Gasteiger partial charge in [0, 0.05) is 37.7 Å². The van der Waals surface area contributed by atoms with Gasteiger partial charge in [0.15, 0.2) is 5.82 Å². The van der Waals surface area contributed by atoms with Crippen LogP contribution < -0.4 is 4.74 Å². The van der Waals surface area contributed by atoms with E-state index in [1.807, 2.05) is 22.9 Å². The SMILES string of the molecule is CC(=O)N1CCC(Oc2cn(-c3cnccn3)c3c(C#N)cccc23)C1. The summed E-state index contributed by atoms with van der Waals surface area (Å²) in [5.74, 6) is 1.36. The molecule has 1 aromatic carbocycles. The summed E-state index contributed by atoms with van der Waals surface area (Å²) in [5.41, 5.74) is 1.28. The van der Waals surface area contributed by atoms with Gasteiger partial charge in [-0.3, -0.25) is 14.3 Å². The van der Waals surface area contributed by atoms with Gasteiger partial charge in [-0.25, -0.2) is 4.98 Å². The van der Waals surface area contributed by atoms with E-state index in [9.17, 15) is 10.1 Å². The van der Waals surface area contributed by atoms with Crippen LogP contribution >= 0.6 is 0 Å². The van der Waals surface area contributed by atoms with Gasteiger partial charge in [0.25, 0.3) is 0 Å². The zero-order valence-corrected chi connectivity index (χ0v) is 14.3. The Bertz CT molecular complexity index is 1010. The van der Waals surface area contributed by atoms with E-state index in [-0.39, 0.29) is 12.0 Å². The van der Waals surface area contributed by atoms with Crippen LogP contribution in [0.3, 0.4) is 0 Å². The number of para-hydroxylation sites is 1. The highest BCUT2D eigenvalue weighted by Gasteiger charge is 2.27. The first-order valence-electron chi connectivity index (χ1n) is 8.40. The molecule has 1 atom stereocenters. The van der Waals surface area contributed by atoms with Gasteiger partial charge in [-0.15, -0.1) is 0 Å². The zero-order chi connectivity index (χ0) is 18.1. The van der Waals surface area contributed by atoms with Crippen LogP contribution in [-0.2, 0) is 4.79 Å².